The van der Waals surface area contributed by atoms with Gasteiger partial charge in [0.2, 0.25) is 0 Å². The Morgan fingerprint density at radius 1 is 0.545 bits per heavy atom. The lowest BCUT2D eigenvalue weighted by Crippen LogP contribution is -2.14. The molecule has 0 fully saturated rings. The van der Waals surface area contributed by atoms with Crippen LogP contribution in [-0.4, -0.2) is 17.9 Å². The Morgan fingerprint density at radius 2 is 1.09 bits per heavy atom. The number of allylic oxidation sites excluding steroid dienone is 4. The van der Waals surface area contributed by atoms with Gasteiger partial charge < -0.3 is 14.2 Å². The Hall–Kier alpha value is -5.23. The Kier molecular flexibility index (Phi) is 10.5. The molecule has 1 atom stereocenters. The van der Waals surface area contributed by atoms with Gasteiger partial charge in [-0.1, -0.05) is 97.1 Å². The fraction of sp³-hybridized carbons (Fsp3) is 0.184. The maximum atomic E-state index is 12.7. The van der Waals surface area contributed by atoms with Crippen molar-refractivity contribution in [3.05, 3.63) is 150 Å². The highest BCUT2D eigenvalue weighted by molar-refractivity contribution is 5.76. The van der Waals surface area contributed by atoms with Crippen molar-refractivity contribution < 1.29 is 28.6 Å². The molecular formula is C38H34O6. The molecule has 0 aromatic heterocycles. The van der Waals surface area contributed by atoms with E-state index in [0.29, 0.717) is 30.1 Å². The van der Waals surface area contributed by atoms with Gasteiger partial charge in [-0.2, -0.15) is 0 Å². The molecule has 222 valence electrons. The summed E-state index contributed by atoms with van der Waals surface area (Å²) in [6.07, 6.45) is 10.6. The van der Waals surface area contributed by atoms with Gasteiger partial charge in [-0.15, -0.1) is 0 Å². The van der Waals surface area contributed by atoms with Crippen molar-refractivity contribution in [1.29, 1.82) is 0 Å². The summed E-state index contributed by atoms with van der Waals surface area (Å²) in [6.45, 7) is 0. The van der Waals surface area contributed by atoms with Crippen molar-refractivity contribution in [2.75, 3.05) is 0 Å². The maximum absolute atomic E-state index is 12.7. The summed E-state index contributed by atoms with van der Waals surface area (Å²) in [5.74, 6) is 0.186. The average Bonchev–Trinajstić information content (AvgIpc) is 3.02. The molecule has 0 aliphatic heterocycles. The highest BCUT2D eigenvalue weighted by atomic mass is 16.5. The maximum Gasteiger partial charge on any atom is 0.315 e. The average molecular weight is 587 g/mol. The topological polar surface area (TPSA) is 78.9 Å². The first kappa shape index (κ1) is 30.2. The molecule has 1 aliphatic rings. The molecule has 0 saturated heterocycles. The standard InChI is InChI=1S/C38H34O6/c39-36(24-29-10-4-1-5-11-29)42-33-20-18-28(19-21-33)16-17-32-22-34(43-37(40)25-30-12-6-2-7-13-30)27-35(23-32)44-38(41)26-31-14-8-3-9-15-31/h1-14,18-23,27,31H,15-17,24-26H2. The number of aryl methyl sites for hydroxylation is 2. The first-order chi connectivity index (χ1) is 21.5. The monoisotopic (exact) mass is 586 g/mol. The van der Waals surface area contributed by atoms with Crippen LogP contribution in [-0.2, 0) is 40.1 Å². The van der Waals surface area contributed by atoms with Gasteiger partial charge in [-0.05, 0) is 71.7 Å². The lowest BCUT2D eigenvalue weighted by Gasteiger charge is -2.14. The van der Waals surface area contributed by atoms with E-state index in [9.17, 15) is 14.4 Å². The smallest absolute Gasteiger partial charge is 0.315 e. The van der Waals surface area contributed by atoms with Crippen molar-refractivity contribution >= 4 is 17.9 Å². The number of rotatable bonds is 12. The molecular weight excluding hydrogens is 552 g/mol. The third kappa shape index (κ3) is 9.66. The molecule has 0 amide bonds. The number of ether oxygens (including phenoxy) is 3. The lowest BCUT2D eigenvalue weighted by atomic mass is 9.97. The van der Waals surface area contributed by atoms with Crippen molar-refractivity contribution in [3.63, 3.8) is 0 Å². The Morgan fingerprint density at radius 3 is 1.66 bits per heavy atom. The van der Waals surface area contributed by atoms with Gasteiger partial charge in [-0.3, -0.25) is 14.4 Å². The van der Waals surface area contributed by atoms with Crippen molar-refractivity contribution in [2.45, 2.75) is 38.5 Å². The number of benzene rings is 4. The van der Waals surface area contributed by atoms with Gasteiger partial charge in [-0.25, -0.2) is 0 Å². The molecule has 44 heavy (non-hydrogen) atoms. The first-order valence-corrected chi connectivity index (χ1v) is 14.7. The molecule has 1 unspecified atom stereocenters. The molecule has 6 heteroatoms. The summed E-state index contributed by atoms with van der Waals surface area (Å²) in [5, 5.41) is 0. The van der Waals surface area contributed by atoms with Crippen LogP contribution in [0.3, 0.4) is 0 Å². The summed E-state index contributed by atoms with van der Waals surface area (Å²) in [5.41, 5.74) is 3.64. The zero-order valence-corrected chi connectivity index (χ0v) is 24.4. The highest BCUT2D eigenvalue weighted by Gasteiger charge is 2.16. The quantitative estimate of drug-likeness (QED) is 0.129. The van der Waals surface area contributed by atoms with E-state index in [1.165, 1.54) is 0 Å². The fourth-order valence-corrected chi connectivity index (χ4v) is 4.94. The van der Waals surface area contributed by atoms with E-state index in [2.05, 4.69) is 0 Å². The molecule has 0 heterocycles. The van der Waals surface area contributed by atoms with Gasteiger partial charge in [0.05, 0.1) is 19.3 Å². The zero-order chi connectivity index (χ0) is 30.6. The van der Waals surface area contributed by atoms with Gasteiger partial charge in [0.1, 0.15) is 17.2 Å². The molecule has 0 radical (unpaired) electrons. The molecule has 4 aromatic rings. The third-order valence-electron chi connectivity index (χ3n) is 7.14. The Bertz CT molecular complexity index is 1620. The van der Waals surface area contributed by atoms with E-state index in [0.717, 1.165) is 28.7 Å². The number of hydrogen-bond acceptors (Lipinski definition) is 6. The minimum Gasteiger partial charge on any atom is -0.426 e. The second kappa shape index (κ2) is 15.3. The Balaban J connectivity index is 1.22. The first-order valence-electron chi connectivity index (χ1n) is 14.7. The summed E-state index contributed by atoms with van der Waals surface area (Å²) in [4.78, 5) is 37.7. The van der Waals surface area contributed by atoms with Crippen LogP contribution in [0.5, 0.6) is 17.2 Å². The van der Waals surface area contributed by atoms with E-state index in [1.807, 2.05) is 103 Å². The molecule has 5 rings (SSSR count). The van der Waals surface area contributed by atoms with Crippen molar-refractivity contribution in [1.82, 2.24) is 0 Å². The van der Waals surface area contributed by atoms with E-state index in [1.54, 1.807) is 24.3 Å². The minimum absolute atomic E-state index is 0.0967. The molecule has 6 nitrogen and oxygen atoms in total. The Labute approximate surface area is 257 Å². The number of carbonyl (C=O) groups excluding carboxylic acids is 3. The van der Waals surface area contributed by atoms with Crippen LogP contribution in [0.25, 0.3) is 0 Å². The second-order valence-corrected chi connectivity index (χ2v) is 10.7. The molecule has 4 aromatic carbocycles. The van der Waals surface area contributed by atoms with Crippen LogP contribution in [0.4, 0.5) is 0 Å². The van der Waals surface area contributed by atoms with Crippen LogP contribution in [0.2, 0.25) is 0 Å². The van der Waals surface area contributed by atoms with Crippen LogP contribution < -0.4 is 14.2 Å². The zero-order valence-electron chi connectivity index (χ0n) is 24.4. The third-order valence-corrected chi connectivity index (χ3v) is 7.14. The van der Waals surface area contributed by atoms with Gasteiger partial charge >= 0.3 is 17.9 Å². The van der Waals surface area contributed by atoms with E-state index in [-0.39, 0.29) is 37.1 Å². The van der Waals surface area contributed by atoms with E-state index in [4.69, 9.17) is 14.2 Å². The molecule has 0 N–H and O–H groups in total. The van der Waals surface area contributed by atoms with Crippen molar-refractivity contribution in [2.24, 2.45) is 5.92 Å². The van der Waals surface area contributed by atoms with Crippen LogP contribution in [0, 0.1) is 5.92 Å². The van der Waals surface area contributed by atoms with Gasteiger partial charge in [0.15, 0.2) is 0 Å². The summed E-state index contributed by atoms with van der Waals surface area (Å²) in [7, 11) is 0. The number of esters is 3. The van der Waals surface area contributed by atoms with Crippen molar-refractivity contribution in [3.8, 4) is 17.2 Å². The number of hydrogen-bond donors (Lipinski definition) is 0. The highest BCUT2D eigenvalue weighted by Crippen LogP contribution is 2.26. The summed E-state index contributed by atoms with van der Waals surface area (Å²) < 4.78 is 16.9. The number of carbonyl (C=O) groups is 3. The largest absolute Gasteiger partial charge is 0.426 e. The van der Waals surface area contributed by atoms with Crippen LogP contribution in [0.15, 0.2) is 127 Å². The molecule has 0 saturated carbocycles. The van der Waals surface area contributed by atoms with E-state index >= 15 is 0 Å². The molecule has 0 spiro atoms. The van der Waals surface area contributed by atoms with Gasteiger partial charge in [0.25, 0.3) is 0 Å². The van der Waals surface area contributed by atoms with Crippen LogP contribution in [0.1, 0.15) is 35.1 Å². The predicted molar refractivity (Wildman–Crippen MR) is 168 cm³/mol. The summed E-state index contributed by atoms with van der Waals surface area (Å²) >= 11 is 0. The van der Waals surface area contributed by atoms with E-state index < -0.39 is 5.97 Å². The van der Waals surface area contributed by atoms with Gasteiger partial charge in [0, 0.05) is 6.07 Å². The predicted octanol–water partition coefficient (Wildman–Crippen LogP) is 7.20. The van der Waals surface area contributed by atoms with Crippen LogP contribution >= 0.6 is 0 Å². The molecule has 1 aliphatic carbocycles. The fourth-order valence-electron chi connectivity index (χ4n) is 4.94. The SMILES string of the molecule is O=C(Cc1ccccc1)Oc1ccc(CCc2cc(OC(=O)Cc3ccccc3)cc(OC(=O)CC3C=CC=CC3)c2)cc1. The molecule has 0 bridgehead atoms. The summed E-state index contributed by atoms with van der Waals surface area (Å²) in [6, 6.07) is 31.4. The minimum atomic E-state index is -0.401. The lowest BCUT2D eigenvalue weighted by molar-refractivity contribution is -0.135. The normalized spacial score (nSPS) is 13.7. The second-order valence-electron chi connectivity index (χ2n) is 10.7.